The van der Waals surface area contributed by atoms with E-state index in [0.29, 0.717) is 5.69 Å². The number of rotatable bonds is 3. The molecule has 2 aromatic heterocycles. The SMILES string of the molecule is COc1cc2cccnc2c2nc(/C=N/O)cc(SC)c12. The van der Waals surface area contributed by atoms with E-state index >= 15 is 0 Å². The first kappa shape index (κ1) is 13.6. The number of pyridine rings is 2. The van der Waals surface area contributed by atoms with Crippen LogP contribution in [0, 0.1) is 0 Å². The lowest BCUT2D eigenvalue weighted by molar-refractivity contribution is 0.321. The Kier molecular flexibility index (Phi) is 3.62. The number of benzene rings is 1. The monoisotopic (exact) mass is 299 g/mol. The van der Waals surface area contributed by atoms with Crippen molar-refractivity contribution in [2.45, 2.75) is 4.90 Å². The molecule has 0 saturated heterocycles. The van der Waals surface area contributed by atoms with Gasteiger partial charge in [0, 0.05) is 16.5 Å². The van der Waals surface area contributed by atoms with Crippen LogP contribution >= 0.6 is 11.8 Å². The standard InChI is InChI=1S/C15H13N3O2S/c1-20-11-6-9-4-3-5-16-14(9)15-13(11)12(21-2)7-10(18-15)8-17-19/h3-8,19H,1-2H3/b17-8+. The van der Waals surface area contributed by atoms with Gasteiger partial charge in [-0.05, 0) is 24.5 Å². The van der Waals surface area contributed by atoms with Crippen LogP contribution in [0.4, 0.5) is 0 Å². The second-order valence-corrected chi connectivity index (χ2v) is 5.22. The molecule has 5 nitrogen and oxygen atoms in total. The average molecular weight is 299 g/mol. The molecular weight excluding hydrogens is 286 g/mol. The number of oxime groups is 1. The highest BCUT2D eigenvalue weighted by atomic mass is 32.2. The average Bonchev–Trinajstić information content (AvgIpc) is 2.53. The van der Waals surface area contributed by atoms with E-state index in [1.807, 2.05) is 30.5 Å². The summed E-state index contributed by atoms with van der Waals surface area (Å²) >= 11 is 1.59. The zero-order chi connectivity index (χ0) is 14.8. The van der Waals surface area contributed by atoms with E-state index in [-0.39, 0.29) is 0 Å². The highest BCUT2D eigenvalue weighted by Gasteiger charge is 2.14. The van der Waals surface area contributed by atoms with Crippen LogP contribution in [-0.2, 0) is 0 Å². The summed E-state index contributed by atoms with van der Waals surface area (Å²) in [7, 11) is 1.64. The number of ether oxygens (including phenoxy) is 1. The Morgan fingerprint density at radius 1 is 1.33 bits per heavy atom. The highest BCUT2D eigenvalue weighted by Crippen LogP contribution is 2.37. The third kappa shape index (κ3) is 2.27. The van der Waals surface area contributed by atoms with Crippen molar-refractivity contribution in [3.8, 4) is 5.75 Å². The first-order valence-corrected chi connectivity index (χ1v) is 7.49. The molecule has 0 amide bonds. The number of nitrogens with zero attached hydrogens (tertiary/aromatic N) is 3. The molecule has 0 atom stereocenters. The maximum atomic E-state index is 8.75. The van der Waals surface area contributed by atoms with Crippen molar-refractivity contribution in [1.29, 1.82) is 0 Å². The molecule has 0 bridgehead atoms. The normalized spacial score (nSPS) is 11.5. The van der Waals surface area contributed by atoms with E-state index in [1.165, 1.54) is 6.21 Å². The second-order valence-electron chi connectivity index (χ2n) is 4.37. The first-order chi connectivity index (χ1) is 10.3. The molecule has 0 radical (unpaired) electrons. The predicted molar refractivity (Wildman–Crippen MR) is 84.8 cm³/mol. The molecule has 6 heteroatoms. The quantitative estimate of drug-likeness (QED) is 0.264. The lowest BCUT2D eigenvalue weighted by atomic mass is 10.1. The maximum Gasteiger partial charge on any atom is 0.130 e. The number of thioether (sulfide) groups is 1. The van der Waals surface area contributed by atoms with Crippen molar-refractivity contribution in [1.82, 2.24) is 9.97 Å². The molecule has 1 N–H and O–H groups in total. The van der Waals surface area contributed by atoms with Gasteiger partial charge in [-0.3, -0.25) is 4.98 Å². The van der Waals surface area contributed by atoms with Gasteiger partial charge in [-0.15, -0.1) is 11.8 Å². The smallest absolute Gasteiger partial charge is 0.130 e. The van der Waals surface area contributed by atoms with Gasteiger partial charge in [-0.25, -0.2) is 4.98 Å². The van der Waals surface area contributed by atoms with Gasteiger partial charge in [-0.1, -0.05) is 11.2 Å². The summed E-state index contributed by atoms with van der Waals surface area (Å²) in [6.45, 7) is 0. The van der Waals surface area contributed by atoms with Crippen molar-refractivity contribution in [3.63, 3.8) is 0 Å². The second kappa shape index (κ2) is 5.57. The lowest BCUT2D eigenvalue weighted by Crippen LogP contribution is -1.96. The Balaban J connectivity index is 2.52. The number of hydrogen-bond donors (Lipinski definition) is 1. The molecular formula is C15H13N3O2S. The third-order valence-corrected chi connectivity index (χ3v) is 3.99. The van der Waals surface area contributed by atoms with Crippen molar-refractivity contribution in [2.75, 3.05) is 13.4 Å². The summed E-state index contributed by atoms with van der Waals surface area (Å²) in [5, 5.41) is 13.7. The largest absolute Gasteiger partial charge is 0.496 e. The van der Waals surface area contributed by atoms with E-state index in [1.54, 1.807) is 25.1 Å². The Morgan fingerprint density at radius 3 is 2.90 bits per heavy atom. The van der Waals surface area contributed by atoms with Gasteiger partial charge in [0.05, 0.1) is 29.9 Å². The first-order valence-electron chi connectivity index (χ1n) is 6.26. The predicted octanol–water partition coefficient (Wildman–Crippen LogP) is 3.32. The van der Waals surface area contributed by atoms with Gasteiger partial charge >= 0.3 is 0 Å². The molecule has 0 aliphatic carbocycles. The Hall–Kier alpha value is -2.34. The molecule has 0 saturated carbocycles. The molecule has 21 heavy (non-hydrogen) atoms. The number of hydrogen-bond acceptors (Lipinski definition) is 6. The molecule has 0 aliphatic rings. The molecule has 0 fully saturated rings. The molecule has 2 heterocycles. The molecule has 0 spiro atoms. The third-order valence-electron chi connectivity index (χ3n) is 3.23. The minimum Gasteiger partial charge on any atom is -0.496 e. The summed E-state index contributed by atoms with van der Waals surface area (Å²) in [6, 6.07) is 7.68. The topological polar surface area (TPSA) is 67.6 Å². The van der Waals surface area contributed by atoms with Crippen LogP contribution < -0.4 is 4.74 Å². The number of fused-ring (bicyclic) bond motifs is 3. The van der Waals surface area contributed by atoms with Crippen LogP contribution in [-0.4, -0.2) is 34.8 Å². The van der Waals surface area contributed by atoms with Gasteiger partial charge in [-0.2, -0.15) is 0 Å². The van der Waals surface area contributed by atoms with Crippen LogP contribution in [0.5, 0.6) is 5.75 Å². The zero-order valence-corrected chi connectivity index (χ0v) is 12.4. The van der Waals surface area contributed by atoms with E-state index in [4.69, 9.17) is 9.94 Å². The minimum absolute atomic E-state index is 0.578. The summed E-state index contributed by atoms with van der Waals surface area (Å²) in [4.78, 5) is 9.97. The van der Waals surface area contributed by atoms with E-state index in [9.17, 15) is 0 Å². The maximum absolute atomic E-state index is 8.75. The van der Waals surface area contributed by atoms with Crippen LogP contribution in [0.25, 0.3) is 21.8 Å². The molecule has 3 aromatic rings. The summed E-state index contributed by atoms with van der Waals surface area (Å²) in [6.07, 6.45) is 5.03. The fourth-order valence-corrected chi connectivity index (χ4v) is 2.98. The van der Waals surface area contributed by atoms with E-state index in [0.717, 1.165) is 32.5 Å². The Morgan fingerprint density at radius 2 is 2.19 bits per heavy atom. The van der Waals surface area contributed by atoms with Crippen molar-refractivity contribution in [3.05, 3.63) is 36.2 Å². The fraction of sp³-hybridized carbons (Fsp3) is 0.133. The summed E-state index contributed by atoms with van der Waals surface area (Å²) < 4.78 is 5.51. The van der Waals surface area contributed by atoms with Gasteiger partial charge in [0.1, 0.15) is 11.3 Å². The molecule has 0 aliphatic heterocycles. The van der Waals surface area contributed by atoms with Crippen molar-refractivity contribution < 1.29 is 9.94 Å². The van der Waals surface area contributed by atoms with Crippen LogP contribution in [0.1, 0.15) is 5.69 Å². The van der Waals surface area contributed by atoms with Gasteiger partial charge < -0.3 is 9.94 Å². The summed E-state index contributed by atoms with van der Waals surface area (Å²) in [5.74, 6) is 0.759. The number of aromatic nitrogens is 2. The van der Waals surface area contributed by atoms with Gasteiger partial charge in [0.15, 0.2) is 0 Å². The van der Waals surface area contributed by atoms with Crippen LogP contribution in [0.3, 0.4) is 0 Å². The van der Waals surface area contributed by atoms with Crippen LogP contribution in [0.15, 0.2) is 40.5 Å². The summed E-state index contributed by atoms with van der Waals surface area (Å²) in [5.41, 5.74) is 2.12. The van der Waals surface area contributed by atoms with Crippen molar-refractivity contribution in [2.24, 2.45) is 5.16 Å². The number of methoxy groups -OCH3 is 1. The fourth-order valence-electron chi connectivity index (χ4n) is 2.34. The molecule has 3 rings (SSSR count). The van der Waals surface area contributed by atoms with Crippen molar-refractivity contribution >= 4 is 39.8 Å². The Bertz CT molecular complexity index is 849. The van der Waals surface area contributed by atoms with E-state index in [2.05, 4.69) is 15.1 Å². The lowest BCUT2D eigenvalue weighted by Gasteiger charge is -2.12. The minimum atomic E-state index is 0.578. The Labute approximate surface area is 125 Å². The van der Waals surface area contributed by atoms with E-state index < -0.39 is 0 Å². The van der Waals surface area contributed by atoms with Crippen LogP contribution in [0.2, 0.25) is 0 Å². The molecule has 1 aromatic carbocycles. The zero-order valence-electron chi connectivity index (χ0n) is 11.6. The molecule has 106 valence electrons. The molecule has 0 unspecified atom stereocenters. The highest BCUT2D eigenvalue weighted by molar-refractivity contribution is 7.98. The van der Waals surface area contributed by atoms with Gasteiger partial charge in [0.25, 0.3) is 0 Å². The van der Waals surface area contributed by atoms with Gasteiger partial charge in [0.2, 0.25) is 0 Å².